The van der Waals surface area contributed by atoms with Gasteiger partial charge in [-0.05, 0) is 12.8 Å². The third kappa shape index (κ3) is 13.0. The van der Waals surface area contributed by atoms with Crippen molar-refractivity contribution in [1.82, 2.24) is 0 Å². The van der Waals surface area contributed by atoms with Gasteiger partial charge in [0.05, 0.1) is 0 Å². The fourth-order valence-corrected chi connectivity index (χ4v) is 1.01. The van der Waals surface area contributed by atoms with Crippen LogP contribution in [0.5, 0.6) is 0 Å². The summed E-state index contributed by atoms with van der Waals surface area (Å²) < 4.78 is 5.44. The monoisotopic (exact) mass is 192 g/mol. The molecular formula is C10H25OP. The van der Waals surface area contributed by atoms with E-state index in [1.54, 1.807) is 0 Å². The van der Waals surface area contributed by atoms with Crippen LogP contribution in [0.2, 0.25) is 0 Å². The minimum Gasteiger partial charge on any atom is -0.381 e. The van der Waals surface area contributed by atoms with Gasteiger partial charge >= 0.3 is 0 Å². The Kier molecular flexibility index (Phi) is 17.3. The Morgan fingerprint density at radius 3 is 1.50 bits per heavy atom. The number of hydrogen-bond acceptors (Lipinski definition) is 1. The zero-order valence-electron chi connectivity index (χ0n) is 8.77. The smallest absolute Gasteiger partial charge is 0.0466 e. The van der Waals surface area contributed by atoms with Crippen LogP contribution in [0, 0.1) is 0 Å². The van der Waals surface area contributed by atoms with Crippen LogP contribution < -0.4 is 0 Å². The van der Waals surface area contributed by atoms with E-state index in [2.05, 4.69) is 13.8 Å². The van der Waals surface area contributed by atoms with Gasteiger partial charge in [0.1, 0.15) is 0 Å². The highest BCUT2D eigenvalue weighted by molar-refractivity contribution is 6.92. The standard InChI is InChI=1S/C10H22O.H3P/c1-3-5-7-9-11-10-8-6-4-2;/h3-10H2,1-2H3;1H3. The Labute approximate surface area is 80.9 Å². The number of unbranched alkanes of at least 4 members (excludes halogenated alkanes) is 4. The van der Waals surface area contributed by atoms with Gasteiger partial charge in [-0.1, -0.05) is 39.5 Å². The van der Waals surface area contributed by atoms with E-state index in [0.29, 0.717) is 0 Å². The van der Waals surface area contributed by atoms with Crippen LogP contribution in [0.3, 0.4) is 0 Å². The van der Waals surface area contributed by atoms with E-state index in [0.717, 1.165) is 13.2 Å². The van der Waals surface area contributed by atoms with Crippen molar-refractivity contribution >= 4 is 9.90 Å². The van der Waals surface area contributed by atoms with Crippen LogP contribution in [0.15, 0.2) is 0 Å². The van der Waals surface area contributed by atoms with Crippen molar-refractivity contribution in [2.75, 3.05) is 13.2 Å². The van der Waals surface area contributed by atoms with Crippen LogP contribution in [0.25, 0.3) is 0 Å². The Balaban J connectivity index is 0. The molecule has 12 heavy (non-hydrogen) atoms. The lowest BCUT2D eigenvalue weighted by Gasteiger charge is -2.01. The lowest BCUT2D eigenvalue weighted by Crippen LogP contribution is -1.96. The molecule has 0 N–H and O–H groups in total. The Bertz CT molecular complexity index is 58.9. The zero-order chi connectivity index (χ0) is 8.36. The van der Waals surface area contributed by atoms with Gasteiger partial charge in [-0.25, -0.2) is 0 Å². The molecule has 0 saturated carbocycles. The number of ether oxygens (including phenoxy) is 1. The summed E-state index contributed by atoms with van der Waals surface area (Å²) in [7, 11) is 0. The molecule has 0 aliphatic rings. The van der Waals surface area contributed by atoms with Crippen LogP contribution in [-0.4, -0.2) is 13.2 Å². The van der Waals surface area contributed by atoms with Crippen LogP contribution >= 0.6 is 9.90 Å². The summed E-state index contributed by atoms with van der Waals surface area (Å²) in [5.74, 6) is 0. The van der Waals surface area contributed by atoms with E-state index in [9.17, 15) is 0 Å². The quantitative estimate of drug-likeness (QED) is 0.423. The molecule has 76 valence electrons. The molecule has 0 bridgehead atoms. The van der Waals surface area contributed by atoms with Gasteiger partial charge in [0.2, 0.25) is 0 Å². The molecule has 0 aromatic carbocycles. The zero-order valence-corrected chi connectivity index (χ0v) is 10.2. The molecule has 0 radical (unpaired) electrons. The van der Waals surface area contributed by atoms with Gasteiger partial charge in [-0.3, -0.25) is 0 Å². The van der Waals surface area contributed by atoms with Crippen molar-refractivity contribution in [2.24, 2.45) is 0 Å². The topological polar surface area (TPSA) is 9.23 Å². The molecule has 0 amide bonds. The molecule has 1 nitrogen and oxygen atoms in total. The fraction of sp³-hybridized carbons (Fsp3) is 1.00. The predicted molar refractivity (Wildman–Crippen MR) is 61.0 cm³/mol. The van der Waals surface area contributed by atoms with Crippen molar-refractivity contribution < 1.29 is 4.74 Å². The summed E-state index contributed by atoms with van der Waals surface area (Å²) in [6, 6.07) is 0. The minimum absolute atomic E-state index is 0. The second-order valence-corrected chi connectivity index (χ2v) is 3.03. The fourth-order valence-electron chi connectivity index (χ4n) is 1.01. The van der Waals surface area contributed by atoms with E-state index >= 15 is 0 Å². The van der Waals surface area contributed by atoms with Crippen LogP contribution in [-0.2, 0) is 4.74 Å². The Hall–Kier alpha value is 0.390. The van der Waals surface area contributed by atoms with Crippen molar-refractivity contribution in [1.29, 1.82) is 0 Å². The first-order valence-corrected chi connectivity index (χ1v) is 4.99. The average Bonchev–Trinajstić information content (AvgIpc) is 2.03. The highest BCUT2D eigenvalue weighted by Crippen LogP contribution is 1.97. The maximum Gasteiger partial charge on any atom is 0.0466 e. The molecule has 0 aromatic heterocycles. The van der Waals surface area contributed by atoms with Gasteiger partial charge in [-0.2, -0.15) is 9.90 Å². The van der Waals surface area contributed by atoms with Crippen molar-refractivity contribution in [3.63, 3.8) is 0 Å². The molecule has 0 aromatic rings. The first-order chi connectivity index (χ1) is 5.41. The maximum atomic E-state index is 5.44. The molecule has 0 fully saturated rings. The Morgan fingerprint density at radius 1 is 0.750 bits per heavy atom. The molecule has 2 heteroatoms. The van der Waals surface area contributed by atoms with Crippen molar-refractivity contribution in [3.8, 4) is 0 Å². The van der Waals surface area contributed by atoms with E-state index in [4.69, 9.17) is 4.74 Å². The summed E-state index contributed by atoms with van der Waals surface area (Å²) in [5.41, 5.74) is 0. The van der Waals surface area contributed by atoms with Gasteiger partial charge in [-0.15, -0.1) is 0 Å². The third-order valence-corrected chi connectivity index (χ3v) is 1.78. The molecule has 1 atom stereocenters. The molecule has 0 aliphatic heterocycles. The average molecular weight is 192 g/mol. The number of rotatable bonds is 8. The van der Waals surface area contributed by atoms with Crippen molar-refractivity contribution in [2.45, 2.75) is 52.4 Å². The second-order valence-electron chi connectivity index (χ2n) is 3.03. The first kappa shape index (κ1) is 14.9. The van der Waals surface area contributed by atoms with E-state index < -0.39 is 0 Å². The molecule has 0 saturated heterocycles. The lowest BCUT2D eigenvalue weighted by molar-refractivity contribution is 0.126. The van der Waals surface area contributed by atoms with E-state index in [-0.39, 0.29) is 9.90 Å². The highest BCUT2D eigenvalue weighted by Gasteiger charge is 1.88. The maximum absolute atomic E-state index is 5.44. The highest BCUT2D eigenvalue weighted by atomic mass is 31.0. The Morgan fingerprint density at radius 2 is 1.17 bits per heavy atom. The summed E-state index contributed by atoms with van der Waals surface area (Å²) in [6.45, 7) is 6.38. The van der Waals surface area contributed by atoms with E-state index in [1.165, 1.54) is 38.5 Å². The van der Waals surface area contributed by atoms with Gasteiger partial charge in [0.15, 0.2) is 0 Å². The SMILES string of the molecule is CCCCCOCCCCC.P. The van der Waals surface area contributed by atoms with Crippen LogP contribution in [0.1, 0.15) is 52.4 Å². The summed E-state index contributed by atoms with van der Waals surface area (Å²) >= 11 is 0. The molecule has 0 spiro atoms. The second kappa shape index (κ2) is 13.9. The first-order valence-electron chi connectivity index (χ1n) is 4.99. The molecular weight excluding hydrogens is 167 g/mol. The minimum atomic E-state index is 0. The number of hydrogen-bond donors (Lipinski definition) is 0. The van der Waals surface area contributed by atoms with Crippen molar-refractivity contribution in [3.05, 3.63) is 0 Å². The summed E-state index contributed by atoms with van der Waals surface area (Å²) in [6.07, 6.45) is 7.68. The third-order valence-electron chi connectivity index (χ3n) is 1.78. The summed E-state index contributed by atoms with van der Waals surface area (Å²) in [4.78, 5) is 0. The molecule has 0 heterocycles. The predicted octanol–water partition coefficient (Wildman–Crippen LogP) is 3.44. The molecule has 0 rings (SSSR count). The van der Waals surface area contributed by atoms with E-state index in [1.807, 2.05) is 0 Å². The molecule has 1 unspecified atom stereocenters. The summed E-state index contributed by atoms with van der Waals surface area (Å²) in [5, 5.41) is 0. The van der Waals surface area contributed by atoms with Gasteiger partial charge in [0.25, 0.3) is 0 Å². The normalized spacial score (nSPS) is 9.50. The van der Waals surface area contributed by atoms with Crippen LogP contribution in [0.4, 0.5) is 0 Å². The lowest BCUT2D eigenvalue weighted by atomic mass is 10.2. The molecule has 0 aliphatic carbocycles. The van der Waals surface area contributed by atoms with Gasteiger partial charge in [0, 0.05) is 13.2 Å². The largest absolute Gasteiger partial charge is 0.381 e. The van der Waals surface area contributed by atoms with Gasteiger partial charge < -0.3 is 4.74 Å².